The number of piperazine rings is 1. The van der Waals surface area contributed by atoms with E-state index in [0.29, 0.717) is 36.3 Å². The van der Waals surface area contributed by atoms with Crippen LogP contribution in [-0.4, -0.2) is 61.1 Å². The van der Waals surface area contributed by atoms with Gasteiger partial charge in [-0.15, -0.1) is 0 Å². The molecule has 12 heteroatoms. The molecule has 200 valence electrons. The molecule has 0 saturated carbocycles. The van der Waals surface area contributed by atoms with Gasteiger partial charge >= 0.3 is 5.69 Å². The van der Waals surface area contributed by atoms with Gasteiger partial charge in [-0.25, -0.2) is 23.1 Å². The molecule has 3 aromatic heterocycles. The monoisotopic (exact) mass is 550 g/mol. The molecule has 1 aliphatic rings. The van der Waals surface area contributed by atoms with Crippen LogP contribution < -0.4 is 16.0 Å². The number of phenolic OH excluding ortho intramolecular Hbond substituents is 1. The molecule has 1 unspecified atom stereocenters. The van der Waals surface area contributed by atoms with E-state index >= 15 is 4.39 Å². The molecular formula is C27H25F2N6O3P. The van der Waals surface area contributed by atoms with Crippen LogP contribution in [0.5, 0.6) is 5.75 Å². The zero-order chi connectivity index (χ0) is 28.0. The first-order valence-corrected chi connectivity index (χ1v) is 12.7. The summed E-state index contributed by atoms with van der Waals surface area (Å²) in [6.45, 7) is 8.19. The Morgan fingerprint density at radius 3 is 2.64 bits per heavy atom. The van der Waals surface area contributed by atoms with E-state index in [1.807, 2.05) is 11.8 Å². The van der Waals surface area contributed by atoms with E-state index in [-0.39, 0.29) is 28.8 Å². The minimum Gasteiger partial charge on any atom is -0.507 e. The number of halogens is 2. The Kier molecular flexibility index (Phi) is 6.86. The summed E-state index contributed by atoms with van der Waals surface area (Å²) in [4.78, 5) is 42.3. The van der Waals surface area contributed by atoms with E-state index in [0.717, 1.165) is 12.1 Å². The standard InChI is InChI=1S/C27H25F2N6O3P/c1-4-20(37)33-10-11-34(15(3)13-33)24-16-12-18(29)22(21-17(28)6-5-7-19(21)36)31-25(16)35(27(38)32-24)23-14(2)8-9-30-26(23)39/h4-9,12,15,36H,1,10-11,13,39H2,2-3H3/t15-/m0/s1. The average molecular weight is 551 g/mol. The second kappa shape index (κ2) is 10.1. The molecule has 1 fully saturated rings. The summed E-state index contributed by atoms with van der Waals surface area (Å²) in [5, 5.41) is 10.6. The van der Waals surface area contributed by atoms with E-state index in [9.17, 15) is 19.1 Å². The van der Waals surface area contributed by atoms with Gasteiger partial charge in [-0.1, -0.05) is 21.9 Å². The normalized spacial score (nSPS) is 15.6. The first-order chi connectivity index (χ1) is 18.6. The molecule has 9 nitrogen and oxygen atoms in total. The number of nitrogens with zero attached hydrogens (tertiary/aromatic N) is 6. The topological polar surface area (TPSA) is 104 Å². The Labute approximate surface area is 224 Å². The number of aryl methyl sites for hydroxylation is 1. The van der Waals surface area contributed by atoms with Crippen molar-refractivity contribution in [2.24, 2.45) is 0 Å². The lowest BCUT2D eigenvalue weighted by Crippen LogP contribution is -2.54. The Morgan fingerprint density at radius 1 is 1.21 bits per heavy atom. The zero-order valence-corrected chi connectivity index (χ0v) is 22.4. The van der Waals surface area contributed by atoms with Crippen molar-refractivity contribution in [3.05, 3.63) is 76.9 Å². The number of fused-ring (bicyclic) bond motifs is 1. The number of carbonyl (C=O) groups excluding carboxylic acids is 1. The number of amides is 1. The first kappa shape index (κ1) is 26.4. The van der Waals surface area contributed by atoms with Crippen LogP contribution in [-0.2, 0) is 4.79 Å². The number of aromatic nitrogens is 4. The Hall–Kier alpha value is -4.24. The molecule has 5 rings (SSSR count). The molecule has 2 atom stereocenters. The SMILES string of the molecule is C=CC(=O)N1CCN(c2nc(=O)n(-c3c(C)ccnc3P)c3nc(-c4c(O)cccc4F)c(F)cc23)[C@@H](C)C1. The Balaban J connectivity index is 1.81. The number of anilines is 1. The van der Waals surface area contributed by atoms with E-state index in [1.165, 1.54) is 22.8 Å². The highest BCUT2D eigenvalue weighted by Gasteiger charge is 2.30. The summed E-state index contributed by atoms with van der Waals surface area (Å²) in [6, 6.07) is 6.19. The fourth-order valence-corrected chi connectivity index (χ4v) is 5.36. The lowest BCUT2D eigenvalue weighted by atomic mass is 10.1. The molecule has 0 radical (unpaired) electrons. The van der Waals surface area contributed by atoms with Crippen molar-refractivity contribution >= 4 is 37.4 Å². The van der Waals surface area contributed by atoms with Crippen LogP contribution in [0.3, 0.4) is 0 Å². The predicted molar refractivity (Wildman–Crippen MR) is 148 cm³/mol. The third-order valence-electron chi connectivity index (χ3n) is 6.79. The fourth-order valence-electron chi connectivity index (χ4n) is 4.91. The minimum absolute atomic E-state index is 0.0145. The first-order valence-electron chi connectivity index (χ1n) is 12.1. The lowest BCUT2D eigenvalue weighted by molar-refractivity contribution is -0.126. The van der Waals surface area contributed by atoms with Gasteiger partial charge in [0.1, 0.15) is 23.1 Å². The van der Waals surface area contributed by atoms with Gasteiger partial charge in [0.05, 0.1) is 22.1 Å². The summed E-state index contributed by atoms with van der Waals surface area (Å²) in [7, 11) is 2.46. The quantitative estimate of drug-likeness (QED) is 0.308. The maximum Gasteiger partial charge on any atom is 0.355 e. The van der Waals surface area contributed by atoms with Crippen molar-refractivity contribution in [2.75, 3.05) is 24.5 Å². The molecule has 0 spiro atoms. The van der Waals surface area contributed by atoms with E-state index < -0.39 is 34.3 Å². The molecule has 0 aliphatic carbocycles. The van der Waals surface area contributed by atoms with Crippen LogP contribution in [0.4, 0.5) is 14.6 Å². The van der Waals surface area contributed by atoms with Crippen molar-refractivity contribution < 1.29 is 18.7 Å². The van der Waals surface area contributed by atoms with Gasteiger partial charge in [0.2, 0.25) is 5.91 Å². The number of benzene rings is 1. The number of phenols is 1. The number of carbonyl (C=O) groups is 1. The molecule has 39 heavy (non-hydrogen) atoms. The number of rotatable bonds is 4. The molecule has 1 N–H and O–H groups in total. The fraction of sp³-hybridized carbons (Fsp3) is 0.222. The zero-order valence-electron chi connectivity index (χ0n) is 21.2. The van der Waals surface area contributed by atoms with Crippen molar-refractivity contribution in [3.8, 4) is 22.7 Å². The van der Waals surface area contributed by atoms with Gasteiger partial charge in [-0.2, -0.15) is 4.98 Å². The van der Waals surface area contributed by atoms with Crippen LogP contribution in [0, 0.1) is 18.6 Å². The molecule has 1 aliphatic heterocycles. The minimum atomic E-state index is -0.904. The summed E-state index contributed by atoms with van der Waals surface area (Å²) in [6.07, 6.45) is 2.82. The van der Waals surface area contributed by atoms with Crippen molar-refractivity contribution in [1.29, 1.82) is 0 Å². The molecule has 1 amide bonds. The predicted octanol–water partition coefficient (Wildman–Crippen LogP) is 2.86. The molecular weight excluding hydrogens is 525 g/mol. The van der Waals surface area contributed by atoms with Gasteiger partial charge < -0.3 is 14.9 Å². The number of pyridine rings is 2. The highest BCUT2D eigenvalue weighted by atomic mass is 31.0. The van der Waals surface area contributed by atoms with Gasteiger partial charge in [-0.3, -0.25) is 9.78 Å². The van der Waals surface area contributed by atoms with Crippen LogP contribution in [0.15, 0.2) is 54.0 Å². The maximum atomic E-state index is 15.7. The largest absolute Gasteiger partial charge is 0.507 e. The van der Waals surface area contributed by atoms with Crippen LogP contribution >= 0.6 is 9.24 Å². The summed E-state index contributed by atoms with van der Waals surface area (Å²) in [5.41, 5.74) is -0.0668. The molecule has 1 aromatic carbocycles. The Morgan fingerprint density at radius 2 is 1.97 bits per heavy atom. The smallest absolute Gasteiger partial charge is 0.355 e. The van der Waals surface area contributed by atoms with Gasteiger partial charge in [0.15, 0.2) is 11.5 Å². The molecule has 0 bridgehead atoms. The highest BCUT2D eigenvalue weighted by Crippen LogP contribution is 2.36. The summed E-state index contributed by atoms with van der Waals surface area (Å²) < 4.78 is 31.7. The number of hydrogen-bond acceptors (Lipinski definition) is 7. The van der Waals surface area contributed by atoms with Gasteiger partial charge in [-0.05, 0) is 49.8 Å². The third kappa shape index (κ3) is 4.52. The van der Waals surface area contributed by atoms with E-state index in [4.69, 9.17) is 0 Å². The molecule has 4 heterocycles. The second-order valence-corrected chi connectivity index (χ2v) is 9.82. The number of hydrogen-bond donors (Lipinski definition) is 1. The van der Waals surface area contributed by atoms with E-state index in [1.54, 1.807) is 24.1 Å². The van der Waals surface area contributed by atoms with Crippen molar-refractivity contribution in [2.45, 2.75) is 19.9 Å². The van der Waals surface area contributed by atoms with Crippen LogP contribution in [0.2, 0.25) is 0 Å². The van der Waals surface area contributed by atoms with Gasteiger partial charge in [0, 0.05) is 31.9 Å². The van der Waals surface area contributed by atoms with Crippen LogP contribution in [0.1, 0.15) is 12.5 Å². The molecule has 4 aromatic rings. The average Bonchev–Trinajstić information content (AvgIpc) is 2.89. The summed E-state index contributed by atoms with van der Waals surface area (Å²) in [5.74, 6) is -2.29. The van der Waals surface area contributed by atoms with E-state index in [2.05, 4.69) is 30.8 Å². The Bertz CT molecular complexity index is 1670. The number of aromatic hydroxyl groups is 1. The van der Waals surface area contributed by atoms with Gasteiger partial charge in [0.25, 0.3) is 0 Å². The van der Waals surface area contributed by atoms with Crippen molar-refractivity contribution in [1.82, 2.24) is 24.4 Å². The maximum absolute atomic E-state index is 15.7. The second-order valence-electron chi connectivity index (χ2n) is 9.27. The third-order valence-corrected chi connectivity index (χ3v) is 7.22. The molecule has 1 saturated heterocycles. The lowest BCUT2D eigenvalue weighted by Gasteiger charge is -2.40. The van der Waals surface area contributed by atoms with Crippen LogP contribution in [0.25, 0.3) is 28.0 Å². The highest BCUT2D eigenvalue weighted by molar-refractivity contribution is 7.27. The summed E-state index contributed by atoms with van der Waals surface area (Å²) >= 11 is 0. The van der Waals surface area contributed by atoms with Crippen molar-refractivity contribution in [3.63, 3.8) is 0 Å².